The van der Waals surface area contributed by atoms with E-state index in [9.17, 15) is 0 Å². The Hall–Kier alpha value is -0.920. The minimum atomic E-state index is 0.841. The molecule has 1 unspecified atom stereocenters. The van der Waals surface area contributed by atoms with Crippen LogP contribution >= 0.6 is 0 Å². The van der Waals surface area contributed by atoms with Gasteiger partial charge in [0.15, 0.2) is 0 Å². The minimum absolute atomic E-state index is 0.841. The van der Waals surface area contributed by atoms with Crippen molar-refractivity contribution in [2.45, 2.75) is 85.5 Å². The highest BCUT2D eigenvalue weighted by Gasteiger charge is 2.18. The summed E-state index contributed by atoms with van der Waals surface area (Å²) in [5.74, 6) is 2.76. The Bertz CT molecular complexity index is 372. The molecule has 120 valence electrons. The molecule has 2 nitrogen and oxygen atoms in total. The van der Waals surface area contributed by atoms with E-state index in [1.165, 1.54) is 50.6 Å². The van der Waals surface area contributed by atoms with E-state index >= 15 is 0 Å². The number of aromatic nitrogens is 2. The van der Waals surface area contributed by atoms with E-state index in [2.05, 4.69) is 38.7 Å². The Kier molecular flexibility index (Phi) is 9.29. The van der Waals surface area contributed by atoms with E-state index < -0.39 is 0 Å². The first-order valence-corrected chi connectivity index (χ1v) is 9.05. The van der Waals surface area contributed by atoms with Crippen LogP contribution in [-0.2, 0) is 12.8 Å². The molecule has 0 radical (unpaired) electrons. The van der Waals surface area contributed by atoms with Crippen LogP contribution in [0.15, 0.2) is 12.3 Å². The molecule has 0 fully saturated rings. The largest absolute Gasteiger partial charge is 0.241 e. The van der Waals surface area contributed by atoms with Crippen molar-refractivity contribution in [1.82, 2.24) is 9.97 Å². The zero-order valence-electron chi connectivity index (χ0n) is 14.6. The van der Waals surface area contributed by atoms with Gasteiger partial charge in [0, 0.05) is 18.3 Å². The molecule has 0 aliphatic heterocycles. The molecule has 0 saturated carbocycles. The van der Waals surface area contributed by atoms with Gasteiger partial charge in [-0.2, -0.15) is 0 Å². The molecule has 2 heteroatoms. The lowest BCUT2D eigenvalue weighted by Crippen LogP contribution is -2.15. The van der Waals surface area contributed by atoms with Crippen LogP contribution in [0, 0.1) is 11.8 Å². The molecule has 0 amide bonds. The molecule has 1 atom stereocenters. The first-order valence-electron chi connectivity index (χ1n) is 9.05. The molecule has 1 rings (SSSR count). The summed E-state index contributed by atoms with van der Waals surface area (Å²) >= 11 is 0. The second kappa shape index (κ2) is 10.8. The van der Waals surface area contributed by atoms with Crippen LogP contribution in [0.2, 0.25) is 0 Å². The van der Waals surface area contributed by atoms with Crippen LogP contribution in [0.5, 0.6) is 0 Å². The Morgan fingerprint density at radius 1 is 0.905 bits per heavy atom. The quantitative estimate of drug-likeness (QED) is 0.530. The first-order chi connectivity index (χ1) is 10.2. The second-order valence-corrected chi connectivity index (χ2v) is 6.23. The zero-order chi connectivity index (χ0) is 15.5. The highest BCUT2D eigenvalue weighted by atomic mass is 14.9. The summed E-state index contributed by atoms with van der Waals surface area (Å²) in [7, 11) is 0. The Balaban J connectivity index is 2.58. The van der Waals surface area contributed by atoms with E-state index in [1.54, 1.807) is 0 Å². The van der Waals surface area contributed by atoms with Crippen LogP contribution in [0.25, 0.3) is 0 Å². The summed E-state index contributed by atoms with van der Waals surface area (Å²) < 4.78 is 0. The smallest absolute Gasteiger partial charge is 0.128 e. The van der Waals surface area contributed by atoms with Crippen molar-refractivity contribution in [2.75, 3.05) is 0 Å². The van der Waals surface area contributed by atoms with Crippen molar-refractivity contribution in [2.24, 2.45) is 11.8 Å². The number of hydrogen-bond acceptors (Lipinski definition) is 2. The lowest BCUT2D eigenvalue weighted by molar-refractivity contribution is 0.274. The first kappa shape index (κ1) is 18.1. The molecule has 1 aromatic heterocycles. The molecule has 0 aromatic carbocycles. The average Bonchev–Trinajstić information content (AvgIpc) is 2.52. The molecule has 0 aliphatic carbocycles. The molecule has 21 heavy (non-hydrogen) atoms. The van der Waals surface area contributed by atoms with Crippen LogP contribution < -0.4 is 0 Å². The van der Waals surface area contributed by atoms with Crippen LogP contribution in [0.1, 0.15) is 84.2 Å². The minimum Gasteiger partial charge on any atom is -0.241 e. The SMILES string of the molecule is CCCCc1ccnc(CCC(CCC)C(CC)CC)n1. The summed E-state index contributed by atoms with van der Waals surface area (Å²) in [6, 6.07) is 2.07. The third-order valence-corrected chi connectivity index (χ3v) is 4.66. The Morgan fingerprint density at radius 3 is 2.29 bits per heavy atom. The molecular weight excluding hydrogens is 256 g/mol. The summed E-state index contributed by atoms with van der Waals surface area (Å²) in [5.41, 5.74) is 1.22. The lowest BCUT2D eigenvalue weighted by atomic mass is 9.81. The van der Waals surface area contributed by atoms with Gasteiger partial charge in [0.1, 0.15) is 5.82 Å². The lowest BCUT2D eigenvalue weighted by Gasteiger charge is -2.24. The maximum absolute atomic E-state index is 4.74. The standard InChI is InChI=1S/C19H34N2/c1-5-9-11-18-14-15-20-19(21-18)13-12-17(10-6-2)16(7-3)8-4/h14-17H,5-13H2,1-4H3. The average molecular weight is 290 g/mol. The van der Waals surface area contributed by atoms with Gasteiger partial charge in [-0.3, -0.25) is 0 Å². The van der Waals surface area contributed by atoms with Gasteiger partial charge in [-0.25, -0.2) is 9.97 Å². The van der Waals surface area contributed by atoms with E-state index in [1.807, 2.05) is 6.20 Å². The van der Waals surface area contributed by atoms with Crippen molar-refractivity contribution < 1.29 is 0 Å². The van der Waals surface area contributed by atoms with E-state index in [4.69, 9.17) is 4.98 Å². The fourth-order valence-corrected chi connectivity index (χ4v) is 3.32. The monoisotopic (exact) mass is 290 g/mol. The van der Waals surface area contributed by atoms with E-state index in [0.29, 0.717) is 0 Å². The van der Waals surface area contributed by atoms with E-state index in [0.717, 1.165) is 30.5 Å². The van der Waals surface area contributed by atoms with Crippen molar-refractivity contribution >= 4 is 0 Å². The molecule has 0 spiro atoms. The normalized spacial score (nSPS) is 12.8. The highest BCUT2D eigenvalue weighted by molar-refractivity contribution is 5.02. The van der Waals surface area contributed by atoms with Gasteiger partial charge in [0.2, 0.25) is 0 Å². The van der Waals surface area contributed by atoms with Gasteiger partial charge in [0.05, 0.1) is 0 Å². The van der Waals surface area contributed by atoms with Crippen molar-refractivity contribution in [3.63, 3.8) is 0 Å². The number of nitrogens with zero attached hydrogens (tertiary/aromatic N) is 2. The fourth-order valence-electron chi connectivity index (χ4n) is 3.32. The third kappa shape index (κ3) is 6.58. The summed E-state index contributed by atoms with van der Waals surface area (Å²) in [6.45, 7) is 9.20. The summed E-state index contributed by atoms with van der Waals surface area (Å²) in [5, 5.41) is 0. The molecule has 0 saturated heterocycles. The fraction of sp³-hybridized carbons (Fsp3) is 0.789. The zero-order valence-corrected chi connectivity index (χ0v) is 14.6. The Morgan fingerprint density at radius 2 is 1.67 bits per heavy atom. The van der Waals surface area contributed by atoms with E-state index in [-0.39, 0.29) is 0 Å². The molecule has 0 aliphatic rings. The molecular formula is C19H34N2. The van der Waals surface area contributed by atoms with Crippen LogP contribution in [-0.4, -0.2) is 9.97 Å². The van der Waals surface area contributed by atoms with Gasteiger partial charge in [-0.05, 0) is 37.2 Å². The maximum Gasteiger partial charge on any atom is 0.128 e. The molecule has 0 N–H and O–H groups in total. The summed E-state index contributed by atoms with van der Waals surface area (Å²) in [6.07, 6.45) is 13.0. The van der Waals surface area contributed by atoms with Gasteiger partial charge in [-0.15, -0.1) is 0 Å². The number of hydrogen-bond donors (Lipinski definition) is 0. The van der Waals surface area contributed by atoms with Gasteiger partial charge < -0.3 is 0 Å². The van der Waals surface area contributed by atoms with Crippen molar-refractivity contribution in [3.05, 3.63) is 23.8 Å². The molecule has 0 bridgehead atoms. The maximum atomic E-state index is 4.74. The topological polar surface area (TPSA) is 25.8 Å². The number of unbranched alkanes of at least 4 members (excludes halogenated alkanes) is 1. The number of aryl methyl sites for hydroxylation is 2. The predicted molar refractivity (Wildman–Crippen MR) is 91.4 cm³/mol. The number of rotatable bonds is 11. The summed E-state index contributed by atoms with van der Waals surface area (Å²) in [4.78, 5) is 9.22. The van der Waals surface area contributed by atoms with Crippen molar-refractivity contribution in [3.8, 4) is 0 Å². The molecule has 1 heterocycles. The highest BCUT2D eigenvalue weighted by Crippen LogP contribution is 2.28. The Labute approximate surface area is 131 Å². The van der Waals surface area contributed by atoms with Gasteiger partial charge >= 0.3 is 0 Å². The van der Waals surface area contributed by atoms with Gasteiger partial charge in [0.25, 0.3) is 0 Å². The third-order valence-electron chi connectivity index (χ3n) is 4.66. The van der Waals surface area contributed by atoms with Gasteiger partial charge in [-0.1, -0.05) is 59.8 Å². The second-order valence-electron chi connectivity index (χ2n) is 6.23. The van der Waals surface area contributed by atoms with Crippen molar-refractivity contribution in [1.29, 1.82) is 0 Å². The van der Waals surface area contributed by atoms with Crippen LogP contribution in [0.4, 0.5) is 0 Å². The van der Waals surface area contributed by atoms with Crippen LogP contribution in [0.3, 0.4) is 0 Å². The predicted octanol–water partition coefficient (Wildman–Crippen LogP) is 5.60. The molecule has 1 aromatic rings.